The lowest BCUT2D eigenvalue weighted by Crippen LogP contribution is -2.01. The number of aryl methyl sites for hydroxylation is 1. The summed E-state index contributed by atoms with van der Waals surface area (Å²) < 4.78 is 0.610. The molecule has 0 fully saturated rings. The molecule has 0 amide bonds. The summed E-state index contributed by atoms with van der Waals surface area (Å²) in [6.45, 7) is 2.27. The van der Waals surface area contributed by atoms with E-state index >= 15 is 0 Å². The maximum atomic E-state index is 10.7. The lowest BCUT2D eigenvalue weighted by atomic mass is 10.1. The molecule has 0 radical (unpaired) electrons. The molecule has 0 saturated heterocycles. The zero-order chi connectivity index (χ0) is 14.7. The second-order valence-electron chi connectivity index (χ2n) is 4.36. The van der Waals surface area contributed by atoms with Crippen LogP contribution in [0.4, 0.5) is 11.4 Å². The van der Waals surface area contributed by atoms with Crippen molar-refractivity contribution in [2.45, 2.75) is 13.5 Å². The van der Waals surface area contributed by atoms with E-state index in [0.29, 0.717) is 11.0 Å². The van der Waals surface area contributed by atoms with Crippen molar-refractivity contribution >= 4 is 27.3 Å². The first-order valence-corrected chi connectivity index (χ1v) is 6.73. The standard InChI is InChI=1S/C14H13BrN2O3/c1-9-3-2-4-10(14(9)18)8-16-13-6-5-11(17(19)20)7-12(13)15/h2-7,16,18H,8H2,1H3. The Kier molecular flexibility index (Phi) is 4.24. The molecule has 0 aliphatic rings. The van der Waals surface area contributed by atoms with Crippen molar-refractivity contribution < 1.29 is 10.0 Å². The van der Waals surface area contributed by atoms with Crippen LogP contribution in [-0.2, 0) is 6.54 Å². The average molecular weight is 337 g/mol. The van der Waals surface area contributed by atoms with Gasteiger partial charge in [-0.1, -0.05) is 18.2 Å². The van der Waals surface area contributed by atoms with E-state index in [0.717, 1.165) is 16.8 Å². The van der Waals surface area contributed by atoms with Gasteiger partial charge in [0.2, 0.25) is 0 Å². The number of non-ortho nitro benzene ring substituents is 1. The highest BCUT2D eigenvalue weighted by Crippen LogP contribution is 2.28. The zero-order valence-corrected chi connectivity index (χ0v) is 12.3. The molecule has 0 aliphatic heterocycles. The molecule has 2 aromatic rings. The van der Waals surface area contributed by atoms with Gasteiger partial charge in [0.1, 0.15) is 5.75 Å². The fourth-order valence-corrected chi connectivity index (χ4v) is 2.32. The summed E-state index contributed by atoms with van der Waals surface area (Å²) in [5.74, 6) is 0.262. The molecular weight excluding hydrogens is 324 g/mol. The van der Waals surface area contributed by atoms with Crippen LogP contribution in [0, 0.1) is 17.0 Å². The molecule has 2 rings (SSSR count). The summed E-state index contributed by atoms with van der Waals surface area (Å²) in [6.07, 6.45) is 0. The van der Waals surface area contributed by atoms with Crippen LogP contribution in [-0.4, -0.2) is 10.0 Å². The number of halogens is 1. The van der Waals surface area contributed by atoms with Gasteiger partial charge in [-0.05, 0) is 34.5 Å². The third-order valence-electron chi connectivity index (χ3n) is 2.95. The number of aromatic hydroxyl groups is 1. The first kappa shape index (κ1) is 14.3. The molecule has 0 unspecified atom stereocenters. The monoisotopic (exact) mass is 336 g/mol. The number of hydrogen-bond donors (Lipinski definition) is 2. The molecule has 0 bridgehead atoms. The Labute approximate surface area is 124 Å². The lowest BCUT2D eigenvalue weighted by molar-refractivity contribution is -0.384. The zero-order valence-electron chi connectivity index (χ0n) is 10.8. The second-order valence-corrected chi connectivity index (χ2v) is 5.21. The minimum atomic E-state index is -0.444. The van der Waals surface area contributed by atoms with E-state index in [9.17, 15) is 15.2 Å². The second kappa shape index (κ2) is 5.92. The summed E-state index contributed by atoms with van der Waals surface area (Å²) in [7, 11) is 0. The molecule has 2 N–H and O–H groups in total. The quantitative estimate of drug-likeness (QED) is 0.654. The van der Waals surface area contributed by atoms with E-state index in [1.807, 2.05) is 25.1 Å². The number of nitro benzene ring substituents is 1. The van der Waals surface area contributed by atoms with Gasteiger partial charge in [-0.2, -0.15) is 0 Å². The molecule has 5 nitrogen and oxygen atoms in total. The molecule has 2 aromatic carbocycles. The molecule has 104 valence electrons. The first-order chi connectivity index (χ1) is 9.49. The Hall–Kier alpha value is -2.08. The van der Waals surface area contributed by atoms with Crippen LogP contribution in [0.25, 0.3) is 0 Å². The van der Waals surface area contributed by atoms with E-state index in [2.05, 4.69) is 21.2 Å². The fourth-order valence-electron chi connectivity index (χ4n) is 1.81. The maximum absolute atomic E-state index is 10.7. The third-order valence-corrected chi connectivity index (χ3v) is 3.61. The number of hydrogen-bond acceptors (Lipinski definition) is 4. The van der Waals surface area contributed by atoms with Gasteiger partial charge in [0.25, 0.3) is 5.69 Å². The fraction of sp³-hybridized carbons (Fsp3) is 0.143. The number of para-hydroxylation sites is 1. The number of anilines is 1. The third kappa shape index (κ3) is 3.08. The van der Waals surface area contributed by atoms with Crippen molar-refractivity contribution in [3.8, 4) is 5.75 Å². The number of rotatable bonds is 4. The Morgan fingerprint density at radius 3 is 2.75 bits per heavy atom. The van der Waals surface area contributed by atoms with Gasteiger partial charge in [-0.25, -0.2) is 0 Å². The molecule has 0 aromatic heterocycles. The van der Waals surface area contributed by atoms with Crippen LogP contribution in [0.5, 0.6) is 5.75 Å². The van der Waals surface area contributed by atoms with Crippen molar-refractivity contribution in [3.63, 3.8) is 0 Å². The Balaban J connectivity index is 2.15. The van der Waals surface area contributed by atoms with E-state index in [4.69, 9.17) is 0 Å². The largest absolute Gasteiger partial charge is 0.507 e. The van der Waals surface area contributed by atoms with Gasteiger partial charge < -0.3 is 10.4 Å². The number of phenolic OH excluding ortho intramolecular Hbond substituents is 1. The molecule has 0 saturated carbocycles. The van der Waals surface area contributed by atoms with Gasteiger partial charge in [0.15, 0.2) is 0 Å². The predicted octanol–water partition coefficient (Wildman–Crippen LogP) is 3.98. The van der Waals surface area contributed by atoms with Crippen molar-refractivity contribution in [3.05, 3.63) is 62.1 Å². The van der Waals surface area contributed by atoms with Crippen LogP contribution < -0.4 is 5.32 Å². The number of benzene rings is 2. The highest BCUT2D eigenvalue weighted by molar-refractivity contribution is 9.10. The van der Waals surface area contributed by atoms with Gasteiger partial charge >= 0.3 is 0 Å². The average Bonchev–Trinajstić information content (AvgIpc) is 2.41. The number of phenols is 1. The summed E-state index contributed by atoms with van der Waals surface area (Å²) in [5.41, 5.74) is 2.35. The van der Waals surface area contributed by atoms with Crippen LogP contribution in [0.15, 0.2) is 40.9 Å². The van der Waals surface area contributed by atoms with E-state index in [-0.39, 0.29) is 11.4 Å². The van der Waals surface area contributed by atoms with Gasteiger partial charge in [0, 0.05) is 34.4 Å². The minimum Gasteiger partial charge on any atom is -0.507 e. The molecule has 20 heavy (non-hydrogen) atoms. The van der Waals surface area contributed by atoms with Gasteiger partial charge in [-0.15, -0.1) is 0 Å². The normalized spacial score (nSPS) is 10.3. The Morgan fingerprint density at radius 2 is 2.10 bits per heavy atom. The van der Waals surface area contributed by atoms with Crippen LogP contribution >= 0.6 is 15.9 Å². The highest BCUT2D eigenvalue weighted by atomic mass is 79.9. The summed E-state index contributed by atoms with van der Waals surface area (Å²) in [6, 6.07) is 10.0. The highest BCUT2D eigenvalue weighted by Gasteiger charge is 2.09. The van der Waals surface area contributed by atoms with Crippen molar-refractivity contribution in [2.24, 2.45) is 0 Å². The van der Waals surface area contributed by atoms with Crippen molar-refractivity contribution in [1.82, 2.24) is 0 Å². The molecular formula is C14H13BrN2O3. The summed E-state index contributed by atoms with van der Waals surface area (Å²) >= 11 is 3.29. The van der Waals surface area contributed by atoms with E-state index < -0.39 is 4.92 Å². The predicted molar refractivity (Wildman–Crippen MR) is 81.0 cm³/mol. The molecule has 0 aliphatic carbocycles. The molecule has 0 atom stereocenters. The van der Waals surface area contributed by atoms with E-state index in [1.54, 1.807) is 6.07 Å². The van der Waals surface area contributed by atoms with Crippen LogP contribution in [0.2, 0.25) is 0 Å². The number of nitrogens with zero attached hydrogens (tertiary/aromatic N) is 1. The summed E-state index contributed by atoms with van der Waals surface area (Å²) in [5, 5.41) is 23.7. The van der Waals surface area contributed by atoms with Gasteiger partial charge in [0.05, 0.1) is 4.92 Å². The minimum absolute atomic E-state index is 0.0285. The SMILES string of the molecule is Cc1cccc(CNc2ccc([N+](=O)[O-])cc2Br)c1O. The Morgan fingerprint density at radius 1 is 1.35 bits per heavy atom. The van der Waals surface area contributed by atoms with Crippen molar-refractivity contribution in [2.75, 3.05) is 5.32 Å². The van der Waals surface area contributed by atoms with Gasteiger partial charge in [-0.3, -0.25) is 10.1 Å². The van der Waals surface area contributed by atoms with E-state index in [1.165, 1.54) is 12.1 Å². The number of nitro groups is 1. The number of nitrogens with one attached hydrogen (secondary N) is 1. The molecule has 0 heterocycles. The van der Waals surface area contributed by atoms with Crippen molar-refractivity contribution in [1.29, 1.82) is 0 Å². The topological polar surface area (TPSA) is 75.4 Å². The molecule has 6 heteroatoms. The maximum Gasteiger partial charge on any atom is 0.270 e. The smallest absolute Gasteiger partial charge is 0.270 e. The Bertz CT molecular complexity index is 659. The van der Waals surface area contributed by atoms with Crippen LogP contribution in [0.3, 0.4) is 0 Å². The lowest BCUT2D eigenvalue weighted by Gasteiger charge is -2.11. The first-order valence-electron chi connectivity index (χ1n) is 5.94. The molecule has 0 spiro atoms. The van der Waals surface area contributed by atoms with Crippen LogP contribution in [0.1, 0.15) is 11.1 Å². The summed E-state index contributed by atoms with van der Waals surface area (Å²) in [4.78, 5) is 10.2.